The maximum atomic E-state index is 6.85. The van der Waals surface area contributed by atoms with Gasteiger partial charge in [-0.1, -0.05) is 243 Å². The smallest absolute Gasteiger partial charge is 0.159 e. The second kappa shape index (κ2) is 20.8. The van der Waals surface area contributed by atoms with Crippen LogP contribution in [-0.4, -0.2) is 8.80 Å². The summed E-state index contributed by atoms with van der Waals surface area (Å²) >= 11 is 0. The van der Waals surface area contributed by atoms with Crippen LogP contribution in [0.15, 0.2) is 324 Å². The molecule has 6 nitrogen and oxygen atoms in total. The van der Waals surface area contributed by atoms with Crippen LogP contribution in [0, 0.1) is 13.8 Å². The number of nitrogens with zero attached hydrogens (tertiary/aromatic N) is 4. The first kappa shape index (κ1) is 54.5. The first-order chi connectivity index (χ1) is 48.5. The van der Waals surface area contributed by atoms with Gasteiger partial charge in [-0.05, 0) is 131 Å². The van der Waals surface area contributed by atoms with Crippen LogP contribution in [-0.2, 0) is 0 Å². The lowest BCUT2D eigenvalue weighted by Gasteiger charge is -2.29. The van der Waals surface area contributed by atoms with Crippen LogP contribution in [0.5, 0.6) is 0 Å². The molecule has 98 heavy (non-hydrogen) atoms. The minimum Gasteiger partial charge on any atom is -0.454 e. The van der Waals surface area contributed by atoms with Crippen molar-refractivity contribution in [2.24, 2.45) is 0 Å². The van der Waals surface area contributed by atoms with E-state index < -0.39 is 0 Å². The summed E-state index contributed by atoms with van der Waals surface area (Å²) in [6.07, 6.45) is 0. The Hall–Kier alpha value is -12.9. The maximum absolute atomic E-state index is 6.85. The zero-order chi connectivity index (χ0) is 64.4. The van der Waals surface area contributed by atoms with E-state index in [1.54, 1.807) is 0 Å². The Labute approximate surface area is 563 Å². The Bertz CT molecular complexity index is 6400. The van der Waals surface area contributed by atoms with Gasteiger partial charge in [-0.15, -0.1) is 0 Å². The number of aryl methyl sites for hydroxylation is 2. The SMILES string of the molecule is Cc1ccc2c(oc3ccccc32)c1N(c1ccc(-c2cccc3c2c2cccc4c5cc6c(cc5n3c42)c2cccc3c4c(-c5ccc(N(c7ccccc7-c7ccccc7)c7c(C)ccc8c7oc7ccccc78)cc5)cccc4n6c23)cc1)c1ccccc1-c1ccccc1. The molecule has 0 aliphatic carbocycles. The summed E-state index contributed by atoms with van der Waals surface area (Å²) in [5.41, 5.74) is 28.6. The van der Waals surface area contributed by atoms with Crippen LogP contribution in [0.4, 0.5) is 34.1 Å². The third-order valence-corrected chi connectivity index (χ3v) is 21.0. The molecule has 6 heterocycles. The van der Waals surface area contributed by atoms with Crippen LogP contribution in [0.25, 0.3) is 165 Å². The second-order valence-corrected chi connectivity index (χ2v) is 26.3. The summed E-state index contributed by atoms with van der Waals surface area (Å²) < 4.78 is 18.8. The van der Waals surface area contributed by atoms with Crippen LogP contribution in [0.1, 0.15) is 11.1 Å². The number of aromatic nitrogens is 2. The lowest BCUT2D eigenvalue weighted by atomic mass is 9.97. The molecule has 0 fully saturated rings. The fourth-order valence-corrected chi connectivity index (χ4v) is 16.7. The average Bonchev–Trinajstić information content (AvgIpc) is 1.52. The highest BCUT2D eigenvalue weighted by molar-refractivity contribution is 6.31. The van der Waals surface area contributed by atoms with Crippen molar-refractivity contribution in [1.82, 2.24) is 8.80 Å². The van der Waals surface area contributed by atoms with Gasteiger partial charge in [0.15, 0.2) is 11.2 Å². The third-order valence-electron chi connectivity index (χ3n) is 21.0. The Balaban J connectivity index is 0.694. The van der Waals surface area contributed by atoms with E-state index in [0.29, 0.717) is 0 Å². The highest BCUT2D eigenvalue weighted by Crippen LogP contribution is 2.52. The van der Waals surface area contributed by atoms with Gasteiger partial charge < -0.3 is 27.4 Å². The first-order valence-electron chi connectivity index (χ1n) is 33.7. The van der Waals surface area contributed by atoms with Crippen LogP contribution >= 0.6 is 0 Å². The van der Waals surface area contributed by atoms with Crippen molar-refractivity contribution in [2.45, 2.75) is 13.8 Å². The normalized spacial score (nSPS) is 12.2. The van der Waals surface area contributed by atoms with E-state index in [4.69, 9.17) is 8.83 Å². The molecule has 6 aromatic heterocycles. The zero-order valence-corrected chi connectivity index (χ0v) is 53.6. The largest absolute Gasteiger partial charge is 0.454 e. The van der Waals surface area contributed by atoms with E-state index in [1.807, 2.05) is 12.1 Å². The summed E-state index contributed by atoms with van der Waals surface area (Å²) in [5, 5.41) is 14.4. The third kappa shape index (κ3) is 7.73. The van der Waals surface area contributed by atoms with E-state index in [0.717, 1.165) is 123 Å². The molecule has 0 N–H and O–H groups in total. The molecule has 6 heteroatoms. The Morgan fingerprint density at radius 2 is 0.612 bits per heavy atom. The number of rotatable bonds is 10. The van der Waals surface area contributed by atoms with E-state index >= 15 is 0 Å². The molecule has 21 aromatic rings. The van der Waals surface area contributed by atoms with E-state index in [2.05, 4.69) is 336 Å². The number of furan rings is 2. The van der Waals surface area contributed by atoms with Gasteiger partial charge in [-0.2, -0.15) is 0 Å². The van der Waals surface area contributed by atoms with Gasteiger partial charge in [-0.3, -0.25) is 0 Å². The van der Waals surface area contributed by atoms with E-state index in [9.17, 15) is 0 Å². The number of anilines is 6. The zero-order valence-electron chi connectivity index (χ0n) is 53.6. The van der Waals surface area contributed by atoms with Crippen molar-refractivity contribution >= 4 is 154 Å². The highest BCUT2D eigenvalue weighted by Gasteiger charge is 2.29. The summed E-state index contributed by atoms with van der Waals surface area (Å²) in [5.74, 6) is 0. The lowest BCUT2D eigenvalue weighted by Crippen LogP contribution is -2.13. The molecule has 0 bridgehead atoms. The van der Waals surface area contributed by atoms with Crippen LogP contribution in [0.3, 0.4) is 0 Å². The monoisotopic (exact) mass is 1250 g/mol. The molecular weight excluding hydrogens is 1190 g/mol. The van der Waals surface area contributed by atoms with E-state index in [-0.39, 0.29) is 0 Å². The number of para-hydroxylation sites is 6. The molecule has 458 valence electrons. The van der Waals surface area contributed by atoms with Gasteiger partial charge in [-0.25, -0.2) is 0 Å². The van der Waals surface area contributed by atoms with Crippen molar-refractivity contribution in [3.05, 3.63) is 327 Å². The summed E-state index contributed by atoms with van der Waals surface area (Å²) in [4.78, 5) is 4.81. The van der Waals surface area contributed by atoms with Crippen molar-refractivity contribution in [3.63, 3.8) is 0 Å². The van der Waals surface area contributed by atoms with Gasteiger partial charge in [0.05, 0.1) is 55.8 Å². The van der Waals surface area contributed by atoms with Crippen molar-refractivity contribution < 1.29 is 8.83 Å². The fraction of sp³-hybridized carbons (Fsp3) is 0.0217. The summed E-state index contributed by atoms with van der Waals surface area (Å²) in [7, 11) is 0. The molecule has 0 unspecified atom stereocenters. The molecule has 0 aliphatic heterocycles. The molecule has 0 amide bonds. The minimum atomic E-state index is 0.868. The topological polar surface area (TPSA) is 41.6 Å². The first-order valence-corrected chi connectivity index (χ1v) is 33.7. The molecule has 0 atom stereocenters. The summed E-state index contributed by atoms with van der Waals surface area (Å²) in [6, 6.07) is 115. The number of hydrogen-bond donors (Lipinski definition) is 0. The van der Waals surface area contributed by atoms with Gasteiger partial charge in [0.2, 0.25) is 0 Å². The van der Waals surface area contributed by atoms with Gasteiger partial charge in [0, 0.05) is 87.1 Å². The maximum Gasteiger partial charge on any atom is 0.159 e. The minimum absolute atomic E-state index is 0.868. The molecule has 15 aromatic carbocycles. The number of fused-ring (bicyclic) bond motifs is 18. The standard InChI is InChI=1S/C92H58N4O2/c1-55-41-51-71-67-27-11-15-39-83(67)97-91(71)87(55)93(77-35-13-9-25-63(77)57-21-5-3-6-22-57)61-47-43-59(44-48-61)65-29-19-37-79-85(65)73-33-17-31-69-75-54-82-76(53-81(75)95(79)89(69)73)70-32-18-34-74-86-66(30-20-38-80(86)96(82)90(70)74)60-45-49-62(50-46-60)94(78-36-14-10-26-64(78)58-23-7-4-8-24-58)88-56(2)42-52-72-68-28-12-16-40-84(68)98-92(72)88/h3-54H,1-2H3. The predicted molar refractivity (Wildman–Crippen MR) is 411 cm³/mol. The molecule has 0 aliphatic rings. The second-order valence-electron chi connectivity index (χ2n) is 26.3. The quantitative estimate of drug-likeness (QED) is 0.137. The molecular formula is C92H58N4O2. The predicted octanol–water partition coefficient (Wildman–Crippen LogP) is 26.0. The van der Waals surface area contributed by atoms with Crippen molar-refractivity contribution in [2.75, 3.05) is 9.80 Å². The average molecular weight is 1250 g/mol. The molecule has 0 spiro atoms. The fourth-order valence-electron chi connectivity index (χ4n) is 16.7. The molecule has 0 radical (unpaired) electrons. The number of hydrogen-bond acceptors (Lipinski definition) is 4. The van der Waals surface area contributed by atoms with Gasteiger partial charge in [0.1, 0.15) is 11.2 Å². The Kier molecular flexibility index (Phi) is 11.6. The molecule has 0 saturated heterocycles. The molecule has 21 rings (SSSR count). The Morgan fingerprint density at radius 3 is 1.06 bits per heavy atom. The number of benzene rings is 15. The van der Waals surface area contributed by atoms with E-state index in [1.165, 1.54) is 87.3 Å². The molecule has 0 saturated carbocycles. The van der Waals surface area contributed by atoms with Gasteiger partial charge in [0.25, 0.3) is 0 Å². The highest BCUT2D eigenvalue weighted by atomic mass is 16.3. The lowest BCUT2D eigenvalue weighted by molar-refractivity contribution is 0.668. The van der Waals surface area contributed by atoms with Crippen LogP contribution in [0.2, 0.25) is 0 Å². The summed E-state index contributed by atoms with van der Waals surface area (Å²) in [6.45, 7) is 4.39. The van der Waals surface area contributed by atoms with Crippen molar-refractivity contribution in [3.8, 4) is 44.5 Å². The Morgan fingerprint density at radius 1 is 0.255 bits per heavy atom. The van der Waals surface area contributed by atoms with Crippen molar-refractivity contribution in [1.29, 1.82) is 0 Å². The van der Waals surface area contributed by atoms with Gasteiger partial charge >= 0.3 is 0 Å². The van der Waals surface area contributed by atoms with Crippen LogP contribution < -0.4 is 9.80 Å².